The molecule has 8 heteroatoms. The fourth-order valence-corrected chi connectivity index (χ4v) is 4.51. The Morgan fingerprint density at radius 3 is 1.38 bits per heavy atom. The van der Waals surface area contributed by atoms with Crippen LogP contribution in [0.25, 0.3) is 0 Å². The van der Waals surface area contributed by atoms with Crippen molar-refractivity contribution in [2.24, 2.45) is 0 Å². The number of benzene rings is 1. The first-order valence-electron chi connectivity index (χ1n) is 11.7. The van der Waals surface area contributed by atoms with E-state index in [1.165, 1.54) is 0 Å². The van der Waals surface area contributed by atoms with Crippen LogP contribution in [0.1, 0.15) is 20.7 Å². The molecule has 0 N–H and O–H groups in total. The van der Waals surface area contributed by atoms with Crippen molar-refractivity contribution in [3.8, 4) is 0 Å². The number of anilines is 2. The van der Waals surface area contributed by atoms with Gasteiger partial charge in [0.2, 0.25) is 0 Å². The van der Waals surface area contributed by atoms with Gasteiger partial charge in [-0.15, -0.1) is 0 Å². The van der Waals surface area contributed by atoms with Crippen LogP contribution in [0.5, 0.6) is 0 Å². The van der Waals surface area contributed by atoms with Crippen LogP contribution in [0.15, 0.2) is 73.1 Å². The molecule has 0 saturated carbocycles. The largest absolute Gasteiger partial charge is 0.353 e. The molecule has 0 radical (unpaired) electrons. The van der Waals surface area contributed by atoms with Gasteiger partial charge >= 0.3 is 0 Å². The normalized spacial score (nSPS) is 16.5. The number of amides is 2. The molecule has 2 aliphatic rings. The summed E-state index contributed by atoms with van der Waals surface area (Å²) in [6.45, 7) is 5.46. The summed E-state index contributed by atoms with van der Waals surface area (Å²) in [5, 5.41) is 0. The molecule has 3 aromatic rings. The topological polar surface area (TPSA) is 72.9 Å². The average Bonchev–Trinajstić information content (AvgIpc) is 2.93. The zero-order valence-electron chi connectivity index (χ0n) is 19.1. The van der Waals surface area contributed by atoms with E-state index in [0.717, 1.165) is 37.8 Å². The number of pyridine rings is 2. The molecule has 2 fully saturated rings. The zero-order valence-corrected chi connectivity index (χ0v) is 19.1. The van der Waals surface area contributed by atoms with Gasteiger partial charge in [-0.3, -0.25) is 9.59 Å². The zero-order chi connectivity index (χ0) is 23.3. The van der Waals surface area contributed by atoms with Crippen LogP contribution in [0.2, 0.25) is 0 Å². The number of carbonyl (C=O) groups is 2. The minimum absolute atomic E-state index is 0.0321. The third-order valence-electron chi connectivity index (χ3n) is 6.44. The molecule has 0 atom stereocenters. The van der Waals surface area contributed by atoms with Crippen molar-refractivity contribution < 1.29 is 9.59 Å². The Kier molecular flexibility index (Phi) is 6.38. The predicted molar refractivity (Wildman–Crippen MR) is 131 cm³/mol. The number of rotatable bonds is 4. The summed E-state index contributed by atoms with van der Waals surface area (Å²) < 4.78 is 0. The molecule has 0 aliphatic carbocycles. The summed E-state index contributed by atoms with van der Waals surface area (Å²) in [5.41, 5.74) is 1.12. The van der Waals surface area contributed by atoms with Crippen LogP contribution in [0.3, 0.4) is 0 Å². The second kappa shape index (κ2) is 9.91. The molecule has 0 unspecified atom stereocenters. The number of piperazine rings is 2. The minimum Gasteiger partial charge on any atom is -0.353 e. The van der Waals surface area contributed by atoms with Crippen molar-refractivity contribution in [3.05, 3.63) is 84.2 Å². The molecule has 8 nitrogen and oxygen atoms in total. The standard InChI is InChI=1S/C26H28N6O2/c33-25(31-16-12-29(13-17-31)23-8-1-3-10-27-23)21-6-5-7-22(20-21)26(34)32-18-14-30(15-19-32)24-9-2-4-11-28-24/h1-11,20H,12-19H2. The number of carbonyl (C=O) groups excluding carboxylic acids is 2. The summed E-state index contributed by atoms with van der Waals surface area (Å²) in [4.78, 5) is 43.2. The smallest absolute Gasteiger partial charge is 0.253 e. The Balaban J connectivity index is 1.19. The van der Waals surface area contributed by atoms with Crippen LogP contribution in [-0.2, 0) is 0 Å². The first-order valence-corrected chi connectivity index (χ1v) is 11.7. The lowest BCUT2D eigenvalue weighted by molar-refractivity contribution is 0.0745. The molecule has 2 saturated heterocycles. The lowest BCUT2D eigenvalue weighted by Crippen LogP contribution is -2.49. The van der Waals surface area contributed by atoms with E-state index in [2.05, 4.69) is 19.8 Å². The first kappa shape index (κ1) is 21.9. The molecular weight excluding hydrogens is 428 g/mol. The van der Waals surface area contributed by atoms with E-state index in [0.29, 0.717) is 37.3 Å². The van der Waals surface area contributed by atoms with Crippen molar-refractivity contribution in [1.82, 2.24) is 19.8 Å². The Morgan fingerprint density at radius 2 is 1.00 bits per heavy atom. The summed E-state index contributed by atoms with van der Waals surface area (Å²) >= 11 is 0. The quantitative estimate of drug-likeness (QED) is 0.600. The van der Waals surface area contributed by atoms with Gasteiger partial charge in [-0.2, -0.15) is 0 Å². The van der Waals surface area contributed by atoms with Crippen LogP contribution >= 0.6 is 0 Å². The third kappa shape index (κ3) is 4.71. The molecule has 2 aromatic heterocycles. The predicted octanol–water partition coefficient (Wildman–Crippen LogP) is 2.40. The van der Waals surface area contributed by atoms with Crippen molar-refractivity contribution in [1.29, 1.82) is 0 Å². The summed E-state index contributed by atoms with van der Waals surface area (Å²) in [6.07, 6.45) is 3.57. The highest BCUT2D eigenvalue weighted by molar-refractivity contribution is 5.99. The maximum Gasteiger partial charge on any atom is 0.253 e. The summed E-state index contributed by atoms with van der Waals surface area (Å²) in [5.74, 6) is 1.81. The van der Waals surface area contributed by atoms with Crippen molar-refractivity contribution in [3.63, 3.8) is 0 Å². The SMILES string of the molecule is O=C(c1cccc(C(=O)N2CCN(c3ccccn3)CC2)c1)N1CCN(c2ccccn2)CC1. The summed E-state index contributed by atoms with van der Waals surface area (Å²) in [7, 11) is 0. The number of aromatic nitrogens is 2. The Hall–Kier alpha value is -3.94. The molecule has 1 aromatic carbocycles. The van der Waals surface area contributed by atoms with E-state index in [1.807, 2.05) is 46.2 Å². The van der Waals surface area contributed by atoms with Gasteiger partial charge in [-0.1, -0.05) is 18.2 Å². The highest BCUT2D eigenvalue weighted by Crippen LogP contribution is 2.18. The van der Waals surface area contributed by atoms with Crippen molar-refractivity contribution in [2.75, 3.05) is 62.2 Å². The molecule has 0 spiro atoms. The van der Waals surface area contributed by atoms with E-state index in [9.17, 15) is 9.59 Å². The van der Waals surface area contributed by atoms with Gasteiger partial charge in [0.15, 0.2) is 0 Å². The van der Waals surface area contributed by atoms with Crippen molar-refractivity contribution in [2.45, 2.75) is 0 Å². The third-order valence-corrected chi connectivity index (χ3v) is 6.44. The maximum atomic E-state index is 13.1. The monoisotopic (exact) mass is 456 g/mol. The van der Waals surface area contributed by atoms with Gasteiger partial charge < -0.3 is 19.6 Å². The molecule has 5 rings (SSSR count). The molecule has 2 amide bonds. The Labute approximate surface area is 199 Å². The van der Waals surface area contributed by atoms with Crippen LogP contribution < -0.4 is 9.80 Å². The van der Waals surface area contributed by atoms with Gasteiger partial charge in [0, 0.05) is 75.9 Å². The molecule has 2 aliphatic heterocycles. The first-order chi connectivity index (χ1) is 16.7. The number of hydrogen-bond acceptors (Lipinski definition) is 6. The second-order valence-corrected chi connectivity index (χ2v) is 8.52. The van der Waals surface area contributed by atoms with Crippen LogP contribution in [0.4, 0.5) is 11.6 Å². The van der Waals surface area contributed by atoms with Gasteiger partial charge in [-0.05, 0) is 42.5 Å². The fourth-order valence-electron chi connectivity index (χ4n) is 4.51. The van der Waals surface area contributed by atoms with E-state index in [1.54, 1.807) is 36.7 Å². The molecule has 4 heterocycles. The molecule has 34 heavy (non-hydrogen) atoms. The second-order valence-electron chi connectivity index (χ2n) is 8.52. The van der Waals surface area contributed by atoms with E-state index < -0.39 is 0 Å². The van der Waals surface area contributed by atoms with Crippen LogP contribution in [0, 0.1) is 0 Å². The lowest BCUT2D eigenvalue weighted by Gasteiger charge is -2.36. The minimum atomic E-state index is -0.0321. The van der Waals surface area contributed by atoms with Crippen LogP contribution in [-0.4, -0.2) is 83.9 Å². The molecule has 0 bridgehead atoms. The van der Waals surface area contributed by atoms with Gasteiger partial charge in [-0.25, -0.2) is 9.97 Å². The highest BCUT2D eigenvalue weighted by Gasteiger charge is 2.26. The Morgan fingerprint density at radius 1 is 0.559 bits per heavy atom. The lowest BCUT2D eigenvalue weighted by atomic mass is 10.1. The highest BCUT2D eigenvalue weighted by atomic mass is 16.2. The van der Waals surface area contributed by atoms with Gasteiger partial charge in [0.1, 0.15) is 11.6 Å². The van der Waals surface area contributed by atoms with Crippen molar-refractivity contribution >= 4 is 23.5 Å². The molecule has 174 valence electrons. The Bertz CT molecular complexity index is 1040. The van der Waals surface area contributed by atoms with E-state index in [4.69, 9.17) is 0 Å². The van der Waals surface area contributed by atoms with E-state index in [-0.39, 0.29) is 11.8 Å². The van der Waals surface area contributed by atoms with Gasteiger partial charge in [0.25, 0.3) is 11.8 Å². The maximum absolute atomic E-state index is 13.1. The number of hydrogen-bond donors (Lipinski definition) is 0. The van der Waals surface area contributed by atoms with E-state index >= 15 is 0 Å². The average molecular weight is 457 g/mol. The summed E-state index contributed by atoms with van der Waals surface area (Å²) in [6, 6.07) is 18.9. The fraction of sp³-hybridized carbons (Fsp3) is 0.308. The number of nitrogens with zero attached hydrogens (tertiary/aromatic N) is 6. The van der Waals surface area contributed by atoms with Gasteiger partial charge in [0.05, 0.1) is 0 Å². The molecular formula is C26H28N6O2.